The highest BCUT2D eigenvalue weighted by atomic mass is 32.2. The van der Waals surface area contributed by atoms with Crippen LogP contribution in [-0.2, 0) is 23.1 Å². The maximum Gasteiger partial charge on any atom is 0.211 e. The van der Waals surface area contributed by atoms with Crippen LogP contribution in [0.15, 0.2) is 6.33 Å². The molecule has 0 aliphatic carbocycles. The van der Waals surface area contributed by atoms with Gasteiger partial charge in [0.1, 0.15) is 6.33 Å². The smallest absolute Gasteiger partial charge is 0.211 e. The van der Waals surface area contributed by atoms with Gasteiger partial charge in [-0.25, -0.2) is 17.7 Å². The molecule has 0 aromatic carbocycles. The molecule has 7 nitrogen and oxygen atoms in total. The molecule has 2 N–H and O–H groups in total. The summed E-state index contributed by atoms with van der Waals surface area (Å²) in [6, 6.07) is 0. The van der Waals surface area contributed by atoms with Crippen molar-refractivity contribution in [3.8, 4) is 0 Å². The van der Waals surface area contributed by atoms with Crippen molar-refractivity contribution in [3.63, 3.8) is 0 Å². The standard InChI is InChI=1S/C10H19N5O2S/c1-18(16,17)15-4-2-3-9(7-15)6-14-8-12-10(5-11)13-14/h8-9H,2-7,11H2,1H3. The summed E-state index contributed by atoms with van der Waals surface area (Å²) in [6.45, 7) is 2.21. The zero-order valence-corrected chi connectivity index (χ0v) is 11.3. The number of aromatic nitrogens is 3. The molecule has 1 aromatic rings. The van der Waals surface area contributed by atoms with Crippen LogP contribution in [0, 0.1) is 5.92 Å². The largest absolute Gasteiger partial charge is 0.324 e. The first kappa shape index (κ1) is 13.4. The second kappa shape index (κ2) is 5.33. The molecule has 0 saturated carbocycles. The highest BCUT2D eigenvalue weighted by Crippen LogP contribution is 2.19. The van der Waals surface area contributed by atoms with Crippen LogP contribution in [0.1, 0.15) is 18.7 Å². The highest BCUT2D eigenvalue weighted by molar-refractivity contribution is 7.88. The maximum atomic E-state index is 11.5. The third kappa shape index (κ3) is 3.27. The molecule has 1 aliphatic rings. The Balaban J connectivity index is 1.97. The molecule has 1 fully saturated rings. The van der Waals surface area contributed by atoms with Crippen molar-refractivity contribution in [3.05, 3.63) is 12.2 Å². The first-order valence-electron chi connectivity index (χ1n) is 6.02. The van der Waals surface area contributed by atoms with Crippen molar-refractivity contribution in [2.24, 2.45) is 11.7 Å². The fraction of sp³-hybridized carbons (Fsp3) is 0.800. The van der Waals surface area contributed by atoms with Crippen molar-refractivity contribution in [2.75, 3.05) is 19.3 Å². The summed E-state index contributed by atoms with van der Waals surface area (Å²) < 4.78 is 26.3. The predicted molar refractivity (Wildman–Crippen MR) is 67.1 cm³/mol. The minimum atomic E-state index is -3.08. The van der Waals surface area contributed by atoms with Gasteiger partial charge >= 0.3 is 0 Å². The van der Waals surface area contributed by atoms with E-state index in [2.05, 4.69) is 10.1 Å². The van der Waals surface area contributed by atoms with Crippen LogP contribution < -0.4 is 5.73 Å². The molecule has 1 aliphatic heterocycles. The lowest BCUT2D eigenvalue weighted by Crippen LogP contribution is -2.40. The Labute approximate surface area is 107 Å². The van der Waals surface area contributed by atoms with Crippen LogP contribution in [0.5, 0.6) is 0 Å². The van der Waals surface area contributed by atoms with Crippen molar-refractivity contribution >= 4 is 10.0 Å². The van der Waals surface area contributed by atoms with Gasteiger partial charge in [-0.3, -0.25) is 4.68 Å². The number of rotatable bonds is 4. The molecular formula is C10H19N5O2S. The first-order valence-corrected chi connectivity index (χ1v) is 7.87. The molecule has 102 valence electrons. The van der Waals surface area contributed by atoms with Gasteiger partial charge in [0.15, 0.2) is 5.82 Å². The van der Waals surface area contributed by atoms with Gasteiger partial charge in [0.05, 0.1) is 12.8 Å². The van der Waals surface area contributed by atoms with E-state index in [-0.39, 0.29) is 0 Å². The summed E-state index contributed by atoms with van der Waals surface area (Å²) in [5, 5.41) is 4.22. The quantitative estimate of drug-likeness (QED) is 0.791. The summed E-state index contributed by atoms with van der Waals surface area (Å²) in [4.78, 5) is 4.06. The summed E-state index contributed by atoms with van der Waals surface area (Å²) in [5.41, 5.74) is 5.45. The number of hydrogen-bond acceptors (Lipinski definition) is 5. The average molecular weight is 273 g/mol. The molecular weight excluding hydrogens is 254 g/mol. The minimum Gasteiger partial charge on any atom is -0.324 e. The van der Waals surface area contributed by atoms with Gasteiger partial charge in [-0.05, 0) is 18.8 Å². The summed E-state index contributed by atoms with van der Waals surface area (Å²) in [7, 11) is -3.08. The van der Waals surface area contributed by atoms with E-state index in [1.165, 1.54) is 6.26 Å². The fourth-order valence-electron chi connectivity index (χ4n) is 2.26. The van der Waals surface area contributed by atoms with E-state index in [4.69, 9.17) is 5.73 Å². The molecule has 0 spiro atoms. The van der Waals surface area contributed by atoms with Crippen molar-refractivity contribution < 1.29 is 8.42 Å². The van der Waals surface area contributed by atoms with E-state index in [1.807, 2.05) is 0 Å². The molecule has 1 saturated heterocycles. The van der Waals surface area contributed by atoms with Gasteiger partial charge in [0, 0.05) is 19.6 Å². The van der Waals surface area contributed by atoms with Crippen LogP contribution in [0.2, 0.25) is 0 Å². The van der Waals surface area contributed by atoms with Crippen LogP contribution in [-0.4, -0.2) is 46.8 Å². The zero-order chi connectivity index (χ0) is 13.2. The number of hydrogen-bond donors (Lipinski definition) is 1. The third-order valence-corrected chi connectivity index (χ3v) is 4.43. The van der Waals surface area contributed by atoms with Gasteiger partial charge in [0.25, 0.3) is 0 Å². The lowest BCUT2D eigenvalue weighted by molar-refractivity contribution is 0.240. The molecule has 2 rings (SSSR count). The fourth-order valence-corrected chi connectivity index (χ4v) is 3.20. The van der Waals surface area contributed by atoms with Crippen LogP contribution in [0.25, 0.3) is 0 Å². The third-order valence-electron chi connectivity index (χ3n) is 3.16. The van der Waals surface area contributed by atoms with Gasteiger partial charge in [-0.2, -0.15) is 5.10 Å². The van der Waals surface area contributed by atoms with E-state index in [1.54, 1.807) is 15.3 Å². The molecule has 18 heavy (non-hydrogen) atoms. The Morgan fingerprint density at radius 2 is 2.33 bits per heavy atom. The molecule has 1 unspecified atom stereocenters. The number of nitrogens with zero attached hydrogens (tertiary/aromatic N) is 4. The van der Waals surface area contributed by atoms with Crippen molar-refractivity contribution in [2.45, 2.75) is 25.9 Å². The first-order chi connectivity index (χ1) is 8.49. The Kier molecular flexibility index (Phi) is 3.98. The van der Waals surface area contributed by atoms with Gasteiger partial charge in [-0.15, -0.1) is 0 Å². The van der Waals surface area contributed by atoms with Gasteiger partial charge in [-0.1, -0.05) is 0 Å². The topological polar surface area (TPSA) is 94.1 Å². The second-order valence-corrected chi connectivity index (χ2v) is 6.70. The molecule has 1 aromatic heterocycles. The van der Waals surface area contributed by atoms with E-state index in [0.29, 0.717) is 37.9 Å². The molecule has 0 amide bonds. The van der Waals surface area contributed by atoms with E-state index < -0.39 is 10.0 Å². The van der Waals surface area contributed by atoms with E-state index in [0.717, 1.165) is 12.8 Å². The van der Waals surface area contributed by atoms with Gasteiger partial charge in [0.2, 0.25) is 10.0 Å². The SMILES string of the molecule is CS(=O)(=O)N1CCCC(Cn2cnc(CN)n2)C1. The summed E-state index contributed by atoms with van der Waals surface area (Å²) >= 11 is 0. The Morgan fingerprint density at radius 3 is 2.94 bits per heavy atom. The summed E-state index contributed by atoms with van der Waals surface area (Å²) in [5.74, 6) is 0.909. The van der Waals surface area contributed by atoms with Crippen LogP contribution in [0.4, 0.5) is 0 Å². The van der Waals surface area contributed by atoms with E-state index >= 15 is 0 Å². The number of nitrogens with two attached hydrogens (primary N) is 1. The van der Waals surface area contributed by atoms with Crippen molar-refractivity contribution in [1.82, 2.24) is 19.1 Å². The summed E-state index contributed by atoms with van der Waals surface area (Å²) in [6.07, 6.45) is 4.83. The average Bonchev–Trinajstić information content (AvgIpc) is 2.76. The molecule has 0 bridgehead atoms. The zero-order valence-electron chi connectivity index (χ0n) is 10.5. The Hall–Kier alpha value is -0.990. The number of piperidine rings is 1. The van der Waals surface area contributed by atoms with Crippen LogP contribution >= 0.6 is 0 Å². The lowest BCUT2D eigenvalue weighted by atomic mass is 10.00. The predicted octanol–water partition coefficient (Wildman–Crippen LogP) is -0.592. The Bertz CT molecular complexity index is 498. The monoisotopic (exact) mass is 273 g/mol. The molecule has 0 radical (unpaired) electrons. The highest BCUT2D eigenvalue weighted by Gasteiger charge is 2.26. The maximum absolute atomic E-state index is 11.5. The van der Waals surface area contributed by atoms with Crippen LogP contribution in [0.3, 0.4) is 0 Å². The normalized spacial score (nSPS) is 22.2. The van der Waals surface area contributed by atoms with Crippen molar-refractivity contribution in [1.29, 1.82) is 0 Å². The Morgan fingerprint density at radius 1 is 1.56 bits per heavy atom. The molecule has 1 atom stereocenters. The lowest BCUT2D eigenvalue weighted by Gasteiger charge is -2.30. The molecule has 2 heterocycles. The minimum absolute atomic E-state index is 0.292. The second-order valence-electron chi connectivity index (χ2n) is 4.72. The number of sulfonamides is 1. The van der Waals surface area contributed by atoms with Gasteiger partial charge < -0.3 is 5.73 Å². The van der Waals surface area contributed by atoms with E-state index in [9.17, 15) is 8.42 Å². The molecule has 8 heteroatoms.